The minimum atomic E-state index is -2.89. The molecular weight excluding hydrogens is 829 g/mol. The zero-order valence-corrected chi connectivity index (χ0v) is 40.4. The van der Waals surface area contributed by atoms with Crippen LogP contribution < -0.4 is 10.4 Å². The van der Waals surface area contributed by atoms with Crippen molar-refractivity contribution in [3.8, 4) is 0 Å². The van der Waals surface area contributed by atoms with Crippen LogP contribution in [0.2, 0.25) is 5.04 Å². The smallest absolute Gasteiger partial charge is 0.447 e. The Balaban J connectivity index is 1.49. The highest BCUT2D eigenvalue weighted by Crippen LogP contribution is 2.39. The quantitative estimate of drug-likeness (QED) is 0.0477. The van der Waals surface area contributed by atoms with E-state index in [9.17, 15) is 19.2 Å². The Morgan fingerprint density at radius 1 is 0.938 bits per heavy atom. The second kappa shape index (κ2) is 22.5. The molecule has 2 heterocycles. The third-order valence-electron chi connectivity index (χ3n) is 12.8. The number of likely N-dealkylation sites (N-methyl/N-ethyl adjacent to an activating group) is 1. The molecule has 0 bridgehead atoms. The van der Waals surface area contributed by atoms with Crippen molar-refractivity contribution in [1.82, 2.24) is 9.80 Å². The van der Waals surface area contributed by atoms with Crippen molar-refractivity contribution in [2.45, 2.75) is 116 Å². The van der Waals surface area contributed by atoms with Crippen molar-refractivity contribution >= 4 is 42.6 Å². The fourth-order valence-electron chi connectivity index (χ4n) is 9.56. The monoisotopic (exact) mass is 898 g/mol. The van der Waals surface area contributed by atoms with Crippen molar-refractivity contribution in [2.24, 2.45) is 23.7 Å². The summed E-state index contributed by atoms with van der Waals surface area (Å²) < 4.78 is 37.0. The molecule has 2 aliphatic heterocycles. The van der Waals surface area contributed by atoms with Gasteiger partial charge < -0.3 is 33.0 Å². The number of benzene rings is 3. The zero-order valence-electron chi connectivity index (χ0n) is 39.4. The number of ether oxygens (including phenoxy) is 5. The van der Waals surface area contributed by atoms with E-state index in [1.807, 2.05) is 74.5 Å². The standard InChI is InChI=1S/C51H70N2O10Si/c1-12-22-39(29-34(2)32-60-64(51(6,7)8,41-25-18-14-19-26-41)42-27-20-15-21-28-42)45(62-48-46(63-50(57)58-11)43(52(9)10)30-35(3)61-48)36(4)44(54)37(5)47(55)53-40(33-59-49(53)56)31-38-23-16-13-17-24-38/h12-21,23-28,34-37,39-40,43,45-46,48H,1,22,29-33H2,2-11H3/t34-,35-,36+,37-,39+,40-,43+,45-,46-,48+/m1/s1. The maximum atomic E-state index is 14.8. The molecule has 5 rings (SSSR count). The van der Waals surface area contributed by atoms with Gasteiger partial charge in [0, 0.05) is 12.5 Å². The summed E-state index contributed by atoms with van der Waals surface area (Å²) in [7, 11) is 2.15. The lowest BCUT2D eigenvalue weighted by atomic mass is 9.79. The van der Waals surface area contributed by atoms with Crippen LogP contribution in [0, 0.1) is 23.7 Å². The summed E-state index contributed by atoms with van der Waals surface area (Å²) in [6.45, 7) is 18.7. The van der Waals surface area contributed by atoms with Gasteiger partial charge in [0.2, 0.25) is 5.91 Å². The molecule has 2 fully saturated rings. The number of hydrogen-bond acceptors (Lipinski definition) is 11. The average molecular weight is 899 g/mol. The number of cyclic esters (lactones) is 1. The van der Waals surface area contributed by atoms with E-state index in [4.69, 9.17) is 28.1 Å². The molecule has 0 spiro atoms. The highest BCUT2D eigenvalue weighted by atomic mass is 28.4. The molecule has 0 unspecified atom stereocenters. The highest BCUT2D eigenvalue weighted by Gasteiger charge is 2.51. The number of hydrogen-bond donors (Lipinski definition) is 0. The Hall–Kier alpha value is -4.66. The predicted molar refractivity (Wildman–Crippen MR) is 250 cm³/mol. The number of carbonyl (C=O) groups is 4. The number of Topliss-reactive ketones (excluding diaryl/α,β-unsaturated/α-hetero) is 1. The third-order valence-corrected chi connectivity index (χ3v) is 17.8. The third kappa shape index (κ3) is 11.8. The highest BCUT2D eigenvalue weighted by molar-refractivity contribution is 6.99. The summed E-state index contributed by atoms with van der Waals surface area (Å²) in [6, 6.07) is 29.6. The molecule has 0 aliphatic carbocycles. The lowest BCUT2D eigenvalue weighted by Crippen LogP contribution is -2.66. The van der Waals surface area contributed by atoms with Crippen LogP contribution in [0.1, 0.15) is 73.3 Å². The molecule has 3 aromatic carbocycles. The molecular formula is C51H70N2O10Si. The van der Waals surface area contributed by atoms with Gasteiger partial charge in [-0.05, 0) is 86.4 Å². The Bertz CT molecular complexity index is 1950. The van der Waals surface area contributed by atoms with Gasteiger partial charge in [-0.3, -0.25) is 9.59 Å². The molecule has 64 heavy (non-hydrogen) atoms. The Kier molecular flexibility index (Phi) is 17.7. The number of rotatable bonds is 20. The molecule has 10 atom stereocenters. The van der Waals surface area contributed by atoms with Crippen molar-refractivity contribution in [3.05, 3.63) is 109 Å². The summed E-state index contributed by atoms with van der Waals surface area (Å²) in [6.07, 6.45) is -1.07. The molecule has 12 nitrogen and oxygen atoms in total. The van der Waals surface area contributed by atoms with Gasteiger partial charge in [-0.15, -0.1) is 6.58 Å². The molecule has 2 amide bonds. The maximum absolute atomic E-state index is 14.8. The van der Waals surface area contributed by atoms with E-state index in [-0.39, 0.29) is 35.6 Å². The van der Waals surface area contributed by atoms with E-state index in [2.05, 4.69) is 82.8 Å². The zero-order chi connectivity index (χ0) is 46.8. The normalized spacial score (nSPS) is 22.8. The van der Waals surface area contributed by atoms with Crippen molar-refractivity contribution < 1.29 is 47.3 Å². The van der Waals surface area contributed by atoms with E-state index in [1.54, 1.807) is 6.92 Å². The van der Waals surface area contributed by atoms with Gasteiger partial charge in [0.15, 0.2) is 12.4 Å². The fraction of sp³-hybridized carbons (Fsp3) is 0.529. The van der Waals surface area contributed by atoms with Crippen molar-refractivity contribution in [3.63, 3.8) is 0 Å². The molecule has 3 aromatic rings. The van der Waals surface area contributed by atoms with Gasteiger partial charge in [0.1, 0.15) is 12.4 Å². The Morgan fingerprint density at radius 2 is 1.52 bits per heavy atom. The predicted octanol–water partition coefficient (Wildman–Crippen LogP) is 7.81. The summed E-state index contributed by atoms with van der Waals surface area (Å²) in [5, 5.41) is 2.11. The molecule has 0 saturated carbocycles. The SMILES string of the molecule is C=CC[C@@H](C[C@@H](C)CO[Si](c1ccccc1)(c1ccccc1)C(C)(C)C)[C@H](O[C@@H]1O[C@H](C)C[C@H](N(C)C)[C@H]1OC(=O)OC)[C@@H](C)C(=O)[C@@H](C)C(=O)N1C(=O)OC[C@H]1Cc1ccccc1. The van der Waals surface area contributed by atoms with Gasteiger partial charge in [-0.2, -0.15) is 0 Å². The van der Waals surface area contributed by atoms with Crippen LogP contribution >= 0.6 is 0 Å². The first-order chi connectivity index (χ1) is 30.4. The topological polar surface area (TPSA) is 130 Å². The second-order valence-corrected chi connectivity index (χ2v) is 23.2. The number of allylic oxidation sites excluding steroid dienone is 1. The van der Waals surface area contributed by atoms with Gasteiger partial charge in [0.05, 0.1) is 37.3 Å². The summed E-state index contributed by atoms with van der Waals surface area (Å²) in [5.74, 6) is -3.52. The van der Waals surface area contributed by atoms with Crippen LogP contribution in [-0.4, -0.2) is 113 Å². The first kappa shape index (κ1) is 50.3. The second-order valence-electron chi connectivity index (χ2n) is 18.9. The summed E-state index contributed by atoms with van der Waals surface area (Å²) in [4.78, 5) is 58.0. The minimum Gasteiger partial charge on any atom is -0.447 e. The first-order valence-electron chi connectivity index (χ1n) is 22.6. The largest absolute Gasteiger partial charge is 0.508 e. The van der Waals surface area contributed by atoms with Crippen LogP contribution in [0.25, 0.3) is 0 Å². The molecule has 2 saturated heterocycles. The van der Waals surface area contributed by atoms with Gasteiger partial charge in [0.25, 0.3) is 8.32 Å². The van der Waals surface area contributed by atoms with Crippen LogP contribution in [0.4, 0.5) is 9.59 Å². The van der Waals surface area contributed by atoms with Crippen LogP contribution in [0.5, 0.6) is 0 Å². The number of amides is 2. The number of carbonyl (C=O) groups excluding carboxylic acids is 4. The first-order valence-corrected chi connectivity index (χ1v) is 24.5. The number of ketones is 1. The molecule has 0 radical (unpaired) electrons. The van der Waals surface area contributed by atoms with Crippen LogP contribution in [0.15, 0.2) is 104 Å². The molecule has 0 N–H and O–H groups in total. The van der Waals surface area contributed by atoms with Gasteiger partial charge in [-0.25, -0.2) is 14.5 Å². The van der Waals surface area contributed by atoms with Gasteiger partial charge in [-0.1, -0.05) is 132 Å². The average Bonchev–Trinajstić information content (AvgIpc) is 3.64. The van der Waals surface area contributed by atoms with Crippen LogP contribution in [0.3, 0.4) is 0 Å². The number of methoxy groups -OCH3 is 1. The van der Waals surface area contributed by atoms with Gasteiger partial charge >= 0.3 is 12.2 Å². The number of imide groups is 1. The van der Waals surface area contributed by atoms with E-state index in [0.29, 0.717) is 32.3 Å². The lowest BCUT2D eigenvalue weighted by Gasteiger charge is -2.45. The Labute approximate surface area is 381 Å². The van der Waals surface area contributed by atoms with E-state index in [1.165, 1.54) is 24.4 Å². The summed E-state index contributed by atoms with van der Waals surface area (Å²) in [5.41, 5.74) is 0.936. The minimum absolute atomic E-state index is 0.0305. The molecule has 2 aliphatic rings. The van der Waals surface area contributed by atoms with E-state index in [0.717, 1.165) is 10.5 Å². The maximum Gasteiger partial charge on any atom is 0.508 e. The summed E-state index contributed by atoms with van der Waals surface area (Å²) >= 11 is 0. The van der Waals surface area contributed by atoms with Crippen molar-refractivity contribution in [1.29, 1.82) is 0 Å². The van der Waals surface area contributed by atoms with Crippen molar-refractivity contribution in [2.75, 3.05) is 34.4 Å². The molecule has 13 heteroatoms. The molecule has 348 valence electrons. The fourth-order valence-corrected chi connectivity index (χ4v) is 14.3. The van der Waals surface area contributed by atoms with Crippen LogP contribution in [-0.2, 0) is 44.1 Å². The van der Waals surface area contributed by atoms with E-state index < -0.39 is 68.6 Å². The Morgan fingerprint density at radius 3 is 2.05 bits per heavy atom. The number of nitrogens with zero attached hydrogens (tertiary/aromatic N) is 2. The lowest BCUT2D eigenvalue weighted by molar-refractivity contribution is -0.280. The molecule has 0 aromatic heterocycles. The van der Waals surface area contributed by atoms with E-state index >= 15 is 0 Å².